The van der Waals surface area contributed by atoms with Crippen molar-refractivity contribution in [1.29, 1.82) is 0 Å². The molecule has 0 unspecified atom stereocenters. The first-order valence-corrected chi connectivity index (χ1v) is 4.81. The third-order valence-corrected chi connectivity index (χ3v) is 2.04. The highest BCUT2D eigenvalue weighted by atomic mass is 16.4. The number of nitrogens with one attached hydrogen (secondary N) is 1. The van der Waals surface area contributed by atoms with Crippen molar-refractivity contribution < 1.29 is 30.0 Å². The Kier molecular flexibility index (Phi) is 7.09. The molecule has 0 heterocycles. The summed E-state index contributed by atoms with van der Waals surface area (Å²) in [6, 6.07) is -1.41. The Balaban J connectivity index is 4.50. The summed E-state index contributed by atoms with van der Waals surface area (Å²) in [7, 11) is 0. The number of amides is 1. The highest BCUT2D eigenvalue weighted by Gasteiger charge is 2.31. The molecule has 0 aromatic carbocycles. The van der Waals surface area contributed by atoms with Crippen LogP contribution in [-0.4, -0.2) is 63.6 Å². The molecule has 0 aromatic heterocycles. The molecule has 0 aliphatic carbocycles. The molecule has 17 heavy (non-hydrogen) atoms. The number of carbonyl (C=O) groups excluding carboxylic acids is 2. The van der Waals surface area contributed by atoms with Gasteiger partial charge in [0.1, 0.15) is 30.6 Å². The number of aldehydes is 1. The molecule has 0 spiro atoms. The first kappa shape index (κ1) is 15.5. The van der Waals surface area contributed by atoms with E-state index in [-0.39, 0.29) is 12.7 Å². The summed E-state index contributed by atoms with van der Waals surface area (Å²) in [6.07, 6.45) is -0.329. The van der Waals surface area contributed by atoms with Gasteiger partial charge in [-0.3, -0.25) is 4.79 Å². The first-order chi connectivity index (χ1) is 7.97. The first-order valence-electron chi connectivity index (χ1n) is 4.81. The third kappa shape index (κ3) is 4.93. The molecule has 0 aliphatic heterocycles. The van der Waals surface area contributed by atoms with Crippen LogP contribution < -0.4 is 5.32 Å². The standard InChI is InChI=1S/C10H15NO6/c1-2-3-8(15)11-6(4-12)9(16)10(17)7(14)5-13/h1,4,6-7,9-10,13-14,16-17H,3,5H2,(H,11,15)/t6-,7+,9+,10-/m0/s1. The van der Waals surface area contributed by atoms with Crippen molar-refractivity contribution in [2.75, 3.05) is 6.61 Å². The summed E-state index contributed by atoms with van der Waals surface area (Å²) in [6.45, 7) is -0.790. The van der Waals surface area contributed by atoms with Crippen molar-refractivity contribution in [2.45, 2.75) is 30.8 Å². The van der Waals surface area contributed by atoms with E-state index >= 15 is 0 Å². The second-order valence-corrected chi connectivity index (χ2v) is 3.34. The molecule has 0 saturated heterocycles. The van der Waals surface area contributed by atoms with E-state index in [1.165, 1.54) is 0 Å². The van der Waals surface area contributed by atoms with Gasteiger partial charge in [-0.25, -0.2) is 0 Å². The molecule has 96 valence electrons. The van der Waals surface area contributed by atoms with Crippen LogP contribution >= 0.6 is 0 Å². The Morgan fingerprint density at radius 1 is 1.35 bits per heavy atom. The van der Waals surface area contributed by atoms with Gasteiger partial charge in [-0.1, -0.05) is 5.92 Å². The average Bonchev–Trinajstić information content (AvgIpc) is 2.33. The lowest BCUT2D eigenvalue weighted by Crippen LogP contribution is -2.53. The van der Waals surface area contributed by atoms with Crippen molar-refractivity contribution in [2.24, 2.45) is 0 Å². The fourth-order valence-electron chi connectivity index (χ4n) is 1.08. The highest BCUT2D eigenvalue weighted by molar-refractivity contribution is 5.81. The summed E-state index contributed by atoms with van der Waals surface area (Å²) in [4.78, 5) is 21.7. The number of rotatable bonds is 7. The van der Waals surface area contributed by atoms with Crippen LogP contribution in [0.25, 0.3) is 0 Å². The summed E-state index contributed by atoms with van der Waals surface area (Å²) in [5, 5.41) is 38.5. The molecule has 0 aromatic rings. The number of terminal acetylenes is 1. The van der Waals surface area contributed by atoms with Gasteiger partial charge >= 0.3 is 0 Å². The maximum absolute atomic E-state index is 11.1. The summed E-state index contributed by atoms with van der Waals surface area (Å²) >= 11 is 0. The van der Waals surface area contributed by atoms with E-state index in [0.717, 1.165) is 0 Å². The van der Waals surface area contributed by atoms with Gasteiger partial charge in [-0.15, -0.1) is 6.42 Å². The minimum Gasteiger partial charge on any atom is -0.394 e. The van der Waals surface area contributed by atoms with Crippen LogP contribution in [0.2, 0.25) is 0 Å². The van der Waals surface area contributed by atoms with Crippen molar-refractivity contribution in [1.82, 2.24) is 5.32 Å². The molecule has 0 aliphatic rings. The van der Waals surface area contributed by atoms with E-state index in [2.05, 4.69) is 5.32 Å². The van der Waals surface area contributed by atoms with Crippen LogP contribution in [0.4, 0.5) is 0 Å². The van der Waals surface area contributed by atoms with E-state index in [9.17, 15) is 19.8 Å². The lowest BCUT2D eigenvalue weighted by atomic mass is 10.0. The number of hydrogen-bond acceptors (Lipinski definition) is 6. The molecule has 0 rings (SSSR count). The maximum Gasteiger partial charge on any atom is 0.232 e. The Bertz CT molecular complexity index is 300. The molecule has 0 fully saturated rings. The van der Waals surface area contributed by atoms with Gasteiger partial charge in [-0.2, -0.15) is 0 Å². The number of aliphatic hydroxyl groups is 4. The van der Waals surface area contributed by atoms with Crippen LogP contribution in [0, 0.1) is 12.3 Å². The minimum atomic E-state index is -1.76. The lowest BCUT2D eigenvalue weighted by Gasteiger charge is -2.25. The largest absolute Gasteiger partial charge is 0.394 e. The van der Waals surface area contributed by atoms with Crippen LogP contribution in [0.5, 0.6) is 0 Å². The van der Waals surface area contributed by atoms with Crippen LogP contribution in [0.3, 0.4) is 0 Å². The van der Waals surface area contributed by atoms with Gasteiger partial charge in [0.2, 0.25) is 5.91 Å². The SMILES string of the molecule is C#CCC(=O)N[C@@H](C=O)[C@@H](O)[C@@H](O)[C@H](O)CO. The van der Waals surface area contributed by atoms with Crippen molar-refractivity contribution in [3.8, 4) is 12.3 Å². The Morgan fingerprint density at radius 3 is 2.35 bits per heavy atom. The van der Waals surface area contributed by atoms with Gasteiger partial charge in [-0.05, 0) is 0 Å². The van der Waals surface area contributed by atoms with Gasteiger partial charge in [0, 0.05) is 0 Å². The van der Waals surface area contributed by atoms with Gasteiger partial charge in [0.15, 0.2) is 0 Å². The average molecular weight is 245 g/mol. The van der Waals surface area contributed by atoms with Crippen LogP contribution in [-0.2, 0) is 9.59 Å². The zero-order chi connectivity index (χ0) is 13.4. The van der Waals surface area contributed by atoms with E-state index in [4.69, 9.17) is 16.6 Å². The second kappa shape index (κ2) is 7.76. The normalized spacial score (nSPS) is 17.4. The molecular formula is C10H15NO6. The van der Waals surface area contributed by atoms with E-state index in [1.807, 2.05) is 5.92 Å². The fourth-order valence-corrected chi connectivity index (χ4v) is 1.08. The van der Waals surface area contributed by atoms with Gasteiger partial charge in [0.25, 0.3) is 0 Å². The molecule has 0 bridgehead atoms. The Labute approximate surface area is 98.1 Å². The number of hydrogen-bond donors (Lipinski definition) is 5. The summed E-state index contributed by atoms with van der Waals surface area (Å²) < 4.78 is 0. The number of carbonyl (C=O) groups is 2. The van der Waals surface area contributed by atoms with Crippen LogP contribution in [0.1, 0.15) is 6.42 Å². The lowest BCUT2D eigenvalue weighted by molar-refractivity contribution is -0.130. The Hall–Kier alpha value is -1.46. The zero-order valence-electron chi connectivity index (χ0n) is 8.98. The van der Waals surface area contributed by atoms with E-state index in [0.29, 0.717) is 0 Å². The topological polar surface area (TPSA) is 127 Å². The second-order valence-electron chi connectivity index (χ2n) is 3.34. The van der Waals surface area contributed by atoms with Crippen molar-refractivity contribution in [3.05, 3.63) is 0 Å². The molecule has 1 amide bonds. The molecule has 0 saturated carbocycles. The smallest absolute Gasteiger partial charge is 0.232 e. The van der Waals surface area contributed by atoms with Gasteiger partial charge < -0.3 is 30.5 Å². The van der Waals surface area contributed by atoms with Crippen molar-refractivity contribution >= 4 is 12.2 Å². The predicted octanol–water partition coefficient (Wildman–Crippen LogP) is -3.23. The molecular weight excluding hydrogens is 230 g/mol. The number of aliphatic hydroxyl groups excluding tert-OH is 4. The van der Waals surface area contributed by atoms with E-state index in [1.54, 1.807) is 0 Å². The quantitative estimate of drug-likeness (QED) is 0.237. The predicted molar refractivity (Wildman–Crippen MR) is 56.6 cm³/mol. The Morgan fingerprint density at radius 2 is 1.94 bits per heavy atom. The summed E-state index contributed by atoms with van der Waals surface area (Å²) in [5.74, 6) is 1.37. The summed E-state index contributed by atoms with van der Waals surface area (Å²) in [5.41, 5.74) is 0. The minimum absolute atomic E-state index is 0.201. The molecule has 5 N–H and O–H groups in total. The van der Waals surface area contributed by atoms with Gasteiger partial charge in [0.05, 0.1) is 13.0 Å². The highest BCUT2D eigenvalue weighted by Crippen LogP contribution is 2.04. The third-order valence-electron chi connectivity index (χ3n) is 2.04. The maximum atomic E-state index is 11.1. The van der Waals surface area contributed by atoms with Crippen LogP contribution in [0.15, 0.2) is 0 Å². The molecule has 7 heteroatoms. The van der Waals surface area contributed by atoms with Crippen molar-refractivity contribution in [3.63, 3.8) is 0 Å². The molecule has 0 radical (unpaired) electrons. The monoisotopic (exact) mass is 245 g/mol. The van der Waals surface area contributed by atoms with E-state index < -0.39 is 36.9 Å². The fraction of sp³-hybridized carbons (Fsp3) is 0.600. The molecule has 4 atom stereocenters. The zero-order valence-corrected chi connectivity index (χ0v) is 8.98. The molecule has 7 nitrogen and oxygen atoms in total.